The summed E-state index contributed by atoms with van der Waals surface area (Å²) in [7, 11) is 2.63. The van der Waals surface area contributed by atoms with E-state index in [2.05, 4.69) is 0 Å². The van der Waals surface area contributed by atoms with Crippen LogP contribution in [0.5, 0.6) is 11.5 Å². The van der Waals surface area contributed by atoms with Crippen molar-refractivity contribution in [3.8, 4) is 11.5 Å². The van der Waals surface area contributed by atoms with Crippen LogP contribution in [0.25, 0.3) is 0 Å². The van der Waals surface area contributed by atoms with E-state index in [1.165, 1.54) is 27.2 Å². The first-order valence-electron chi connectivity index (χ1n) is 5.10. The minimum absolute atomic E-state index is 0.0312. The molecule has 0 aliphatic rings. The second kappa shape index (κ2) is 5.48. The van der Waals surface area contributed by atoms with Gasteiger partial charge in [-0.1, -0.05) is 0 Å². The quantitative estimate of drug-likeness (QED) is 0.644. The van der Waals surface area contributed by atoms with Gasteiger partial charge in [0.25, 0.3) is 5.78 Å². The number of halogens is 1. The highest BCUT2D eigenvalue weighted by Gasteiger charge is 2.23. The third-order valence-electron chi connectivity index (χ3n) is 2.42. The molecule has 0 amide bonds. The van der Waals surface area contributed by atoms with Crippen LogP contribution >= 0.6 is 0 Å². The lowest BCUT2D eigenvalue weighted by Gasteiger charge is -2.14. The lowest BCUT2D eigenvalue weighted by molar-refractivity contribution is -0.131. The average Bonchev–Trinajstić information content (AvgIpc) is 2.35. The Bertz CT molecular complexity index is 482. The Morgan fingerprint density at radius 1 is 1.22 bits per heavy atom. The Balaban J connectivity index is 3.45. The van der Waals surface area contributed by atoms with Gasteiger partial charge in [0.05, 0.1) is 19.8 Å². The van der Waals surface area contributed by atoms with Crippen molar-refractivity contribution in [3.63, 3.8) is 0 Å². The third kappa shape index (κ3) is 2.58. The zero-order valence-corrected chi connectivity index (χ0v) is 10.2. The van der Waals surface area contributed by atoms with Crippen LogP contribution in [0, 0.1) is 0 Å². The number of alkyl halides is 1. The fourth-order valence-corrected chi connectivity index (χ4v) is 1.53. The Morgan fingerprint density at radius 3 is 2.17 bits per heavy atom. The van der Waals surface area contributed by atoms with E-state index in [9.17, 15) is 14.0 Å². The average molecular weight is 256 g/mol. The van der Waals surface area contributed by atoms with Crippen molar-refractivity contribution in [3.05, 3.63) is 23.3 Å². The molecular weight excluding hydrogens is 243 g/mol. The zero-order valence-electron chi connectivity index (χ0n) is 10.2. The van der Waals surface area contributed by atoms with Gasteiger partial charge in [-0.3, -0.25) is 4.79 Å². The number of hydrogen-bond donors (Lipinski definition) is 1. The van der Waals surface area contributed by atoms with Crippen LogP contribution in [0.1, 0.15) is 29.0 Å². The van der Waals surface area contributed by atoms with E-state index in [1.807, 2.05) is 0 Å². The van der Waals surface area contributed by atoms with E-state index in [-0.39, 0.29) is 22.6 Å². The Morgan fingerprint density at radius 2 is 1.78 bits per heavy atom. The monoisotopic (exact) mass is 256 g/mol. The summed E-state index contributed by atoms with van der Waals surface area (Å²) < 4.78 is 23.3. The minimum atomic E-state index is -1.63. The molecule has 0 saturated heterocycles. The summed E-state index contributed by atoms with van der Waals surface area (Å²) >= 11 is 0. The van der Waals surface area contributed by atoms with Crippen LogP contribution < -0.4 is 9.47 Å². The van der Waals surface area contributed by atoms with E-state index in [4.69, 9.17) is 14.6 Å². The fourth-order valence-electron chi connectivity index (χ4n) is 1.53. The van der Waals surface area contributed by atoms with Gasteiger partial charge in [-0.05, 0) is 13.0 Å². The molecule has 0 aliphatic heterocycles. The SMILES string of the molecule is COc1cc(OC)c(C(C)F)cc1C(=O)C(=O)O. The Hall–Kier alpha value is -2.11. The van der Waals surface area contributed by atoms with Crippen molar-refractivity contribution in [2.75, 3.05) is 14.2 Å². The molecule has 0 aliphatic carbocycles. The maximum absolute atomic E-state index is 13.4. The maximum atomic E-state index is 13.4. The summed E-state index contributed by atoms with van der Waals surface area (Å²) in [5.41, 5.74) is -0.104. The molecule has 1 atom stereocenters. The van der Waals surface area contributed by atoms with E-state index in [0.29, 0.717) is 0 Å². The van der Waals surface area contributed by atoms with Crippen molar-refractivity contribution in [1.82, 2.24) is 0 Å². The van der Waals surface area contributed by atoms with Gasteiger partial charge in [-0.15, -0.1) is 0 Å². The number of methoxy groups -OCH3 is 2. The van der Waals surface area contributed by atoms with Gasteiger partial charge in [0.1, 0.15) is 17.7 Å². The smallest absolute Gasteiger partial charge is 0.377 e. The molecule has 1 N–H and O–H groups in total. The minimum Gasteiger partial charge on any atom is -0.496 e. The summed E-state index contributed by atoms with van der Waals surface area (Å²) in [4.78, 5) is 22.1. The van der Waals surface area contributed by atoms with Crippen molar-refractivity contribution in [1.29, 1.82) is 0 Å². The van der Waals surface area contributed by atoms with Crippen molar-refractivity contribution in [2.24, 2.45) is 0 Å². The number of carbonyl (C=O) groups is 2. The van der Waals surface area contributed by atoms with Gasteiger partial charge >= 0.3 is 5.97 Å². The summed E-state index contributed by atoms with van der Waals surface area (Å²) in [5, 5.41) is 8.68. The topological polar surface area (TPSA) is 72.8 Å². The van der Waals surface area contributed by atoms with E-state index >= 15 is 0 Å². The number of rotatable bonds is 5. The molecule has 1 aromatic rings. The summed E-state index contributed by atoms with van der Waals surface area (Å²) in [6, 6.07) is 2.43. The highest BCUT2D eigenvalue weighted by molar-refractivity contribution is 6.40. The van der Waals surface area contributed by atoms with Crippen LogP contribution in [-0.2, 0) is 4.79 Å². The van der Waals surface area contributed by atoms with Crippen LogP contribution in [0.4, 0.5) is 4.39 Å². The first-order chi connectivity index (χ1) is 8.42. The van der Waals surface area contributed by atoms with Crippen LogP contribution in [0.15, 0.2) is 12.1 Å². The van der Waals surface area contributed by atoms with Crippen LogP contribution in [0.3, 0.4) is 0 Å². The molecule has 0 bridgehead atoms. The number of carboxylic acid groups (broad SMARTS) is 1. The highest BCUT2D eigenvalue weighted by Crippen LogP contribution is 2.34. The first-order valence-corrected chi connectivity index (χ1v) is 5.10. The van der Waals surface area contributed by atoms with Gasteiger partial charge in [-0.25, -0.2) is 9.18 Å². The number of carbonyl (C=O) groups excluding carboxylic acids is 1. The number of carboxylic acids is 1. The van der Waals surface area contributed by atoms with Crippen molar-refractivity contribution in [2.45, 2.75) is 13.1 Å². The molecule has 98 valence electrons. The second-order valence-corrected chi connectivity index (χ2v) is 3.54. The van der Waals surface area contributed by atoms with Gasteiger partial charge in [0.15, 0.2) is 0 Å². The fraction of sp³-hybridized carbons (Fsp3) is 0.333. The summed E-state index contributed by atoms with van der Waals surface area (Å²) in [5.74, 6) is -2.56. The number of ether oxygens (including phenoxy) is 2. The molecule has 6 heteroatoms. The second-order valence-electron chi connectivity index (χ2n) is 3.54. The predicted octanol–water partition coefficient (Wildman–Crippen LogP) is 2.00. The lowest BCUT2D eigenvalue weighted by atomic mass is 10.0. The molecule has 1 rings (SSSR count). The van der Waals surface area contributed by atoms with Crippen LogP contribution in [-0.4, -0.2) is 31.1 Å². The summed E-state index contributed by atoms with van der Waals surface area (Å²) in [6.45, 7) is 1.26. The van der Waals surface area contributed by atoms with E-state index in [0.717, 1.165) is 6.07 Å². The largest absolute Gasteiger partial charge is 0.496 e. The standard InChI is InChI=1S/C12H13FO5/c1-6(13)7-4-8(11(14)12(15)16)10(18-3)5-9(7)17-2/h4-6H,1-3H3,(H,15,16). The number of ketones is 1. The first kappa shape index (κ1) is 14.0. The lowest BCUT2D eigenvalue weighted by Crippen LogP contribution is -2.14. The molecule has 0 fully saturated rings. The molecule has 0 spiro atoms. The Labute approximate surface area is 103 Å². The van der Waals surface area contributed by atoms with E-state index in [1.54, 1.807) is 0 Å². The zero-order chi connectivity index (χ0) is 13.9. The third-order valence-corrected chi connectivity index (χ3v) is 2.42. The molecule has 18 heavy (non-hydrogen) atoms. The van der Waals surface area contributed by atoms with Gasteiger partial charge < -0.3 is 14.6 Å². The number of Topliss-reactive ketones (excluding diaryl/α,β-unsaturated/α-hetero) is 1. The molecule has 1 unspecified atom stereocenters. The molecule has 0 aromatic heterocycles. The van der Waals surface area contributed by atoms with Crippen molar-refractivity contribution >= 4 is 11.8 Å². The van der Waals surface area contributed by atoms with Gasteiger partial charge in [-0.2, -0.15) is 0 Å². The maximum Gasteiger partial charge on any atom is 0.377 e. The molecular formula is C12H13FO5. The van der Waals surface area contributed by atoms with Gasteiger partial charge in [0.2, 0.25) is 0 Å². The highest BCUT2D eigenvalue weighted by atomic mass is 19.1. The molecule has 0 heterocycles. The summed E-state index contributed by atoms with van der Waals surface area (Å²) in [6.07, 6.45) is -1.40. The molecule has 0 radical (unpaired) electrons. The molecule has 0 saturated carbocycles. The Kier molecular flexibility index (Phi) is 4.25. The molecule has 1 aromatic carbocycles. The normalized spacial score (nSPS) is 11.8. The van der Waals surface area contributed by atoms with Gasteiger partial charge in [0, 0.05) is 11.6 Å². The van der Waals surface area contributed by atoms with Crippen molar-refractivity contribution < 1.29 is 28.6 Å². The number of aliphatic carboxylic acids is 1. The van der Waals surface area contributed by atoms with Crippen LogP contribution in [0.2, 0.25) is 0 Å². The predicted molar refractivity (Wildman–Crippen MR) is 61.0 cm³/mol. The number of benzene rings is 1. The van der Waals surface area contributed by atoms with E-state index < -0.39 is 17.9 Å². The number of hydrogen-bond acceptors (Lipinski definition) is 4. The molecule has 5 nitrogen and oxygen atoms in total.